The number of H-pyrrole nitrogens is 1. The van der Waals surface area contributed by atoms with Crippen molar-refractivity contribution in [3.63, 3.8) is 0 Å². The van der Waals surface area contributed by atoms with E-state index in [1.807, 2.05) is 30.5 Å². The van der Waals surface area contributed by atoms with Gasteiger partial charge in [0.05, 0.1) is 23.1 Å². The lowest BCUT2D eigenvalue weighted by Gasteiger charge is -1.97. The van der Waals surface area contributed by atoms with Crippen LogP contribution in [0, 0.1) is 0 Å². The number of benzene rings is 2. The Labute approximate surface area is 165 Å². The average Bonchev–Trinajstić information content (AvgIpc) is 3.43. The molecule has 0 bridgehead atoms. The SMILES string of the molecule is Nc1ccc2nc(C(=O)C(=O)C3=NCCO3)[nH]c2c1.c1ccc2ncccc2c1. The zero-order chi connectivity index (χ0) is 20.2. The molecule has 0 fully saturated rings. The molecule has 29 heavy (non-hydrogen) atoms. The second kappa shape index (κ2) is 7.89. The van der Waals surface area contributed by atoms with Crippen LogP contribution >= 0.6 is 0 Å². The van der Waals surface area contributed by atoms with Crippen molar-refractivity contribution < 1.29 is 14.3 Å². The molecule has 5 rings (SSSR count). The van der Waals surface area contributed by atoms with Gasteiger partial charge in [-0.25, -0.2) is 9.98 Å². The third-order valence-corrected chi connectivity index (χ3v) is 4.22. The number of imidazole rings is 1. The zero-order valence-electron chi connectivity index (χ0n) is 15.3. The Morgan fingerprint density at radius 2 is 1.83 bits per heavy atom. The summed E-state index contributed by atoms with van der Waals surface area (Å²) in [6.45, 7) is 0.718. The number of nitrogens with two attached hydrogens (primary N) is 1. The molecule has 0 saturated heterocycles. The summed E-state index contributed by atoms with van der Waals surface area (Å²) in [4.78, 5) is 38.6. The van der Waals surface area contributed by atoms with Crippen molar-refractivity contribution in [2.45, 2.75) is 0 Å². The number of hydrogen-bond acceptors (Lipinski definition) is 7. The highest BCUT2D eigenvalue weighted by Gasteiger charge is 2.28. The third kappa shape index (κ3) is 3.96. The summed E-state index contributed by atoms with van der Waals surface area (Å²) in [7, 11) is 0. The summed E-state index contributed by atoms with van der Waals surface area (Å²) >= 11 is 0. The summed E-state index contributed by atoms with van der Waals surface area (Å²) in [6.07, 6.45) is 1.81. The Balaban J connectivity index is 0.000000171. The first-order valence-corrected chi connectivity index (χ1v) is 8.93. The van der Waals surface area contributed by atoms with E-state index in [9.17, 15) is 9.59 Å². The van der Waals surface area contributed by atoms with Crippen LogP contribution in [-0.4, -0.2) is 45.6 Å². The van der Waals surface area contributed by atoms with Gasteiger partial charge < -0.3 is 15.5 Å². The predicted octanol–water partition coefficient (Wildman–Crippen LogP) is 2.56. The lowest BCUT2D eigenvalue weighted by atomic mass is 10.2. The molecule has 0 spiro atoms. The normalized spacial score (nSPS) is 12.8. The molecule has 3 heterocycles. The van der Waals surface area contributed by atoms with Gasteiger partial charge in [0.25, 0.3) is 17.5 Å². The van der Waals surface area contributed by atoms with E-state index < -0.39 is 11.6 Å². The van der Waals surface area contributed by atoms with Crippen LogP contribution in [0.1, 0.15) is 10.6 Å². The van der Waals surface area contributed by atoms with Gasteiger partial charge in [-0.15, -0.1) is 0 Å². The summed E-state index contributed by atoms with van der Waals surface area (Å²) in [6, 6.07) is 17.1. The fraction of sp³-hybridized carbons (Fsp3) is 0.0952. The van der Waals surface area contributed by atoms with Gasteiger partial charge in [0.1, 0.15) is 6.61 Å². The first-order chi connectivity index (χ1) is 14.1. The summed E-state index contributed by atoms with van der Waals surface area (Å²) in [5.41, 5.74) is 8.41. The highest BCUT2D eigenvalue weighted by atomic mass is 16.5. The zero-order valence-corrected chi connectivity index (χ0v) is 15.3. The Kier molecular flexibility index (Phi) is 4.98. The molecule has 2 aromatic heterocycles. The van der Waals surface area contributed by atoms with Crippen LogP contribution in [0.5, 0.6) is 0 Å². The van der Waals surface area contributed by atoms with E-state index in [0.717, 1.165) is 5.52 Å². The van der Waals surface area contributed by atoms with Gasteiger partial charge in [0.2, 0.25) is 0 Å². The molecular weight excluding hydrogens is 370 g/mol. The smallest absolute Gasteiger partial charge is 0.290 e. The second-order valence-corrected chi connectivity index (χ2v) is 6.25. The minimum Gasteiger partial charge on any atom is -0.473 e. The maximum absolute atomic E-state index is 12.0. The van der Waals surface area contributed by atoms with E-state index >= 15 is 0 Å². The van der Waals surface area contributed by atoms with Gasteiger partial charge in [-0.1, -0.05) is 24.3 Å². The largest absolute Gasteiger partial charge is 0.473 e. The number of anilines is 1. The Morgan fingerprint density at radius 1 is 1.00 bits per heavy atom. The number of ether oxygens (including phenoxy) is 1. The van der Waals surface area contributed by atoms with Crippen molar-refractivity contribution in [3.8, 4) is 0 Å². The molecule has 4 aromatic rings. The van der Waals surface area contributed by atoms with E-state index in [1.54, 1.807) is 18.2 Å². The highest BCUT2D eigenvalue weighted by molar-refractivity contribution is 6.66. The van der Waals surface area contributed by atoms with Crippen molar-refractivity contribution in [2.75, 3.05) is 18.9 Å². The number of aliphatic imine (C=N–C) groups is 1. The van der Waals surface area contributed by atoms with Crippen molar-refractivity contribution in [3.05, 3.63) is 66.6 Å². The lowest BCUT2D eigenvalue weighted by Crippen LogP contribution is -2.25. The Hall–Kier alpha value is -4.07. The first kappa shape index (κ1) is 18.3. The van der Waals surface area contributed by atoms with Gasteiger partial charge in [-0.05, 0) is 30.3 Å². The Bertz CT molecular complexity index is 1180. The average molecular weight is 387 g/mol. The molecule has 3 N–H and O–H groups in total. The van der Waals surface area contributed by atoms with Crippen LogP contribution in [0.15, 0.2) is 65.8 Å². The molecule has 0 aliphatic carbocycles. The van der Waals surface area contributed by atoms with Gasteiger partial charge in [0, 0.05) is 17.3 Å². The minimum absolute atomic E-state index is 0.0381. The fourth-order valence-electron chi connectivity index (χ4n) is 2.83. The number of Topliss-reactive ketones (excluding diaryl/α,β-unsaturated/α-hetero) is 2. The van der Waals surface area contributed by atoms with Crippen LogP contribution in [0.25, 0.3) is 21.9 Å². The molecule has 0 radical (unpaired) electrons. The quantitative estimate of drug-likeness (QED) is 0.316. The molecule has 8 heteroatoms. The number of carbonyl (C=O) groups is 2. The number of ketones is 2. The molecule has 2 aromatic carbocycles. The molecule has 0 amide bonds. The molecule has 8 nitrogen and oxygen atoms in total. The molecule has 0 saturated carbocycles. The van der Waals surface area contributed by atoms with Crippen LogP contribution in [-0.2, 0) is 9.53 Å². The van der Waals surface area contributed by atoms with E-state index in [0.29, 0.717) is 29.9 Å². The minimum atomic E-state index is -0.787. The van der Waals surface area contributed by atoms with E-state index in [2.05, 4.69) is 32.1 Å². The number of pyridine rings is 1. The summed E-state index contributed by atoms with van der Waals surface area (Å²) < 4.78 is 4.97. The van der Waals surface area contributed by atoms with Crippen molar-refractivity contribution in [1.29, 1.82) is 0 Å². The number of nitrogen functional groups attached to an aromatic ring is 1. The summed E-state index contributed by atoms with van der Waals surface area (Å²) in [5.74, 6) is -1.74. The van der Waals surface area contributed by atoms with Gasteiger partial charge >= 0.3 is 0 Å². The molecule has 144 valence electrons. The number of fused-ring (bicyclic) bond motifs is 2. The van der Waals surface area contributed by atoms with Gasteiger partial charge in [-0.3, -0.25) is 14.6 Å². The van der Waals surface area contributed by atoms with Crippen molar-refractivity contribution >= 4 is 45.1 Å². The van der Waals surface area contributed by atoms with Crippen LogP contribution in [0.3, 0.4) is 0 Å². The van der Waals surface area contributed by atoms with Crippen LogP contribution in [0.2, 0.25) is 0 Å². The number of aromatic amines is 1. The number of hydrogen-bond donors (Lipinski definition) is 2. The summed E-state index contributed by atoms with van der Waals surface area (Å²) in [5, 5.41) is 1.20. The fourth-order valence-corrected chi connectivity index (χ4v) is 2.83. The van der Waals surface area contributed by atoms with E-state index in [-0.39, 0.29) is 11.7 Å². The number of carbonyl (C=O) groups excluding carboxylic acids is 2. The predicted molar refractivity (Wildman–Crippen MR) is 110 cm³/mol. The lowest BCUT2D eigenvalue weighted by molar-refractivity contribution is -0.110. The van der Waals surface area contributed by atoms with E-state index in [4.69, 9.17) is 10.5 Å². The third-order valence-electron chi connectivity index (χ3n) is 4.22. The number of nitrogens with one attached hydrogen (secondary N) is 1. The maximum atomic E-state index is 12.0. The van der Waals surface area contributed by atoms with Crippen molar-refractivity contribution in [2.24, 2.45) is 4.99 Å². The van der Waals surface area contributed by atoms with Gasteiger partial charge in [-0.2, -0.15) is 0 Å². The number of para-hydroxylation sites is 1. The molecule has 0 unspecified atom stereocenters. The number of rotatable bonds is 3. The van der Waals surface area contributed by atoms with E-state index in [1.165, 1.54) is 5.39 Å². The Morgan fingerprint density at radius 3 is 2.62 bits per heavy atom. The van der Waals surface area contributed by atoms with Gasteiger partial charge in [0.15, 0.2) is 5.82 Å². The van der Waals surface area contributed by atoms with Crippen LogP contribution in [0.4, 0.5) is 5.69 Å². The first-order valence-electron chi connectivity index (χ1n) is 8.93. The molecule has 1 aliphatic rings. The standard InChI is InChI=1S/C12H10N4O3.C9H7N/c13-6-1-2-7-8(5-6)16-11(15-7)9(17)10(18)12-14-3-4-19-12;1-2-6-9-8(4-1)5-3-7-10-9/h1-2,5H,3-4,13H2,(H,15,16);1-7H. The monoisotopic (exact) mass is 387 g/mol. The van der Waals surface area contributed by atoms with Crippen LogP contribution < -0.4 is 5.73 Å². The molecule has 1 aliphatic heterocycles. The number of nitrogens with zero attached hydrogens (tertiary/aromatic N) is 3. The highest BCUT2D eigenvalue weighted by Crippen LogP contribution is 2.15. The topological polar surface area (TPSA) is 123 Å². The molecule has 0 atom stereocenters. The maximum Gasteiger partial charge on any atom is 0.290 e. The second-order valence-electron chi connectivity index (χ2n) is 6.25. The number of aromatic nitrogens is 3. The van der Waals surface area contributed by atoms with Crippen molar-refractivity contribution in [1.82, 2.24) is 15.0 Å². The molecular formula is C21H17N5O3.